The quantitative estimate of drug-likeness (QED) is 0.500. The summed E-state index contributed by atoms with van der Waals surface area (Å²) in [5.74, 6) is 1.52. The molecule has 3 amide bonds. The minimum atomic E-state index is -0.748. The Hall–Kier alpha value is -3.95. The fourth-order valence-electron chi connectivity index (χ4n) is 4.38. The van der Waals surface area contributed by atoms with E-state index >= 15 is 0 Å². The van der Waals surface area contributed by atoms with E-state index in [9.17, 15) is 14.4 Å². The van der Waals surface area contributed by atoms with Gasteiger partial charge in [-0.05, 0) is 48.7 Å². The number of likely N-dealkylation sites (tertiary alicyclic amines) is 1. The van der Waals surface area contributed by atoms with E-state index in [-0.39, 0.29) is 23.8 Å². The fourth-order valence-corrected chi connectivity index (χ4v) is 4.38. The maximum Gasteiger partial charge on any atom is 0.253 e. The van der Waals surface area contributed by atoms with Gasteiger partial charge in [-0.1, -0.05) is 6.07 Å². The molecule has 10 nitrogen and oxygen atoms in total. The average molecular weight is 514 g/mol. The number of hydrogen-bond donors (Lipinski definition) is 2. The molecule has 1 heterocycles. The van der Waals surface area contributed by atoms with Gasteiger partial charge in [0.2, 0.25) is 11.8 Å². The lowest BCUT2D eigenvalue weighted by molar-refractivity contribution is -0.128. The third-order valence-electron chi connectivity index (χ3n) is 6.34. The largest absolute Gasteiger partial charge is 0.493 e. The second-order valence-electron chi connectivity index (χ2n) is 8.79. The molecule has 0 aliphatic carbocycles. The average Bonchev–Trinajstić information content (AvgIpc) is 2.91. The molecule has 200 valence electrons. The standard InChI is InChI=1S/C27H35N3O7/c1-17(31)28-21(14-18-6-8-22(34-2)24(15-18)36-4)26(32)29-20-10-12-30(13-11-20)27(33)19-7-9-23(35-3)25(16-19)37-5/h6-9,15-16,20-21H,10-14H2,1-5H3,(H,28,31)(H,29,32)/t21-/m1/s1. The van der Waals surface area contributed by atoms with Crippen LogP contribution in [0, 0.1) is 0 Å². The lowest BCUT2D eigenvalue weighted by atomic mass is 10.0. The Morgan fingerprint density at radius 3 is 2.00 bits per heavy atom. The van der Waals surface area contributed by atoms with Crippen LogP contribution in [0.2, 0.25) is 0 Å². The number of rotatable bonds is 10. The molecule has 0 unspecified atom stereocenters. The lowest BCUT2D eigenvalue weighted by Crippen LogP contribution is -2.53. The Morgan fingerprint density at radius 1 is 0.865 bits per heavy atom. The molecule has 1 aliphatic heterocycles. The summed E-state index contributed by atoms with van der Waals surface area (Å²) in [5, 5.41) is 5.79. The number of amides is 3. The maximum absolute atomic E-state index is 13.1. The van der Waals surface area contributed by atoms with E-state index in [2.05, 4.69) is 10.6 Å². The van der Waals surface area contributed by atoms with E-state index in [0.717, 1.165) is 5.56 Å². The van der Waals surface area contributed by atoms with Crippen LogP contribution in [-0.4, -0.2) is 76.2 Å². The van der Waals surface area contributed by atoms with Crippen molar-refractivity contribution in [3.05, 3.63) is 47.5 Å². The van der Waals surface area contributed by atoms with Crippen molar-refractivity contribution < 1.29 is 33.3 Å². The molecular formula is C27H35N3O7. The highest BCUT2D eigenvalue weighted by Crippen LogP contribution is 2.29. The van der Waals surface area contributed by atoms with Crippen LogP contribution in [0.3, 0.4) is 0 Å². The van der Waals surface area contributed by atoms with Crippen molar-refractivity contribution in [2.75, 3.05) is 41.5 Å². The maximum atomic E-state index is 13.1. The predicted molar refractivity (Wildman–Crippen MR) is 137 cm³/mol. The molecule has 2 aromatic rings. The van der Waals surface area contributed by atoms with Crippen LogP contribution < -0.4 is 29.6 Å². The molecule has 0 saturated carbocycles. The predicted octanol–water partition coefficient (Wildman–Crippen LogP) is 2.19. The van der Waals surface area contributed by atoms with Crippen LogP contribution >= 0.6 is 0 Å². The van der Waals surface area contributed by atoms with Gasteiger partial charge in [-0.25, -0.2) is 0 Å². The van der Waals surface area contributed by atoms with Crippen LogP contribution in [0.15, 0.2) is 36.4 Å². The molecule has 0 spiro atoms. The van der Waals surface area contributed by atoms with Crippen molar-refractivity contribution in [3.63, 3.8) is 0 Å². The minimum absolute atomic E-state index is 0.102. The summed E-state index contributed by atoms with van der Waals surface area (Å²) in [7, 11) is 6.17. The molecule has 1 aliphatic rings. The Balaban J connectivity index is 1.60. The van der Waals surface area contributed by atoms with E-state index in [1.54, 1.807) is 56.6 Å². The molecule has 2 N–H and O–H groups in total. The Morgan fingerprint density at radius 2 is 1.43 bits per heavy atom. The first-order chi connectivity index (χ1) is 17.8. The van der Waals surface area contributed by atoms with E-state index in [1.165, 1.54) is 14.0 Å². The van der Waals surface area contributed by atoms with Crippen molar-refractivity contribution in [1.29, 1.82) is 0 Å². The van der Waals surface area contributed by atoms with Gasteiger partial charge in [0, 0.05) is 38.0 Å². The molecule has 37 heavy (non-hydrogen) atoms. The summed E-state index contributed by atoms with van der Waals surface area (Å²) in [6.45, 7) is 2.38. The van der Waals surface area contributed by atoms with Crippen LogP contribution in [-0.2, 0) is 16.0 Å². The second kappa shape index (κ2) is 12.8. The normalized spacial score (nSPS) is 14.4. The number of benzene rings is 2. The van der Waals surface area contributed by atoms with Gasteiger partial charge < -0.3 is 34.5 Å². The molecule has 1 fully saturated rings. The van der Waals surface area contributed by atoms with E-state index in [0.29, 0.717) is 60.9 Å². The Labute approximate surface area is 217 Å². The molecule has 2 aromatic carbocycles. The summed E-state index contributed by atoms with van der Waals surface area (Å²) >= 11 is 0. The summed E-state index contributed by atoms with van der Waals surface area (Å²) in [6.07, 6.45) is 1.50. The summed E-state index contributed by atoms with van der Waals surface area (Å²) in [5.41, 5.74) is 1.34. The zero-order chi connectivity index (χ0) is 26.9. The summed E-state index contributed by atoms with van der Waals surface area (Å²) in [4.78, 5) is 39.7. The van der Waals surface area contributed by atoms with E-state index < -0.39 is 6.04 Å². The molecule has 1 saturated heterocycles. The number of nitrogens with one attached hydrogen (secondary N) is 2. The third-order valence-corrected chi connectivity index (χ3v) is 6.34. The van der Waals surface area contributed by atoms with Crippen molar-refractivity contribution in [2.45, 2.75) is 38.3 Å². The molecule has 0 bridgehead atoms. The zero-order valence-electron chi connectivity index (χ0n) is 22.0. The van der Waals surface area contributed by atoms with Gasteiger partial charge in [0.25, 0.3) is 5.91 Å². The van der Waals surface area contributed by atoms with Crippen LogP contribution in [0.1, 0.15) is 35.7 Å². The number of hydrogen-bond acceptors (Lipinski definition) is 7. The SMILES string of the molecule is COc1ccc(C[C@@H](NC(C)=O)C(=O)NC2CCN(C(=O)c3ccc(OC)c(OC)c3)CC2)cc1OC. The van der Waals surface area contributed by atoms with Crippen LogP contribution in [0.4, 0.5) is 0 Å². The monoisotopic (exact) mass is 513 g/mol. The minimum Gasteiger partial charge on any atom is -0.493 e. The third kappa shape index (κ3) is 7.05. The van der Waals surface area contributed by atoms with Gasteiger partial charge in [0.1, 0.15) is 6.04 Å². The number of methoxy groups -OCH3 is 4. The molecule has 10 heteroatoms. The highest BCUT2D eigenvalue weighted by atomic mass is 16.5. The van der Waals surface area contributed by atoms with E-state index in [4.69, 9.17) is 18.9 Å². The van der Waals surface area contributed by atoms with E-state index in [1.807, 2.05) is 6.07 Å². The van der Waals surface area contributed by atoms with Gasteiger partial charge in [-0.2, -0.15) is 0 Å². The topological polar surface area (TPSA) is 115 Å². The fraction of sp³-hybridized carbons (Fsp3) is 0.444. The molecular weight excluding hydrogens is 478 g/mol. The van der Waals surface area contributed by atoms with Gasteiger partial charge in [-0.3, -0.25) is 14.4 Å². The van der Waals surface area contributed by atoms with Gasteiger partial charge in [-0.15, -0.1) is 0 Å². The first-order valence-corrected chi connectivity index (χ1v) is 12.1. The Bertz CT molecular complexity index is 1110. The number of nitrogens with zero attached hydrogens (tertiary/aromatic N) is 1. The number of ether oxygens (including phenoxy) is 4. The van der Waals surface area contributed by atoms with Crippen molar-refractivity contribution in [3.8, 4) is 23.0 Å². The molecule has 3 rings (SSSR count). The lowest BCUT2D eigenvalue weighted by Gasteiger charge is -2.33. The van der Waals surface area contributed by atoms with Crippen molar-refractivity contribution >= 4 is 17.7 Å². The van der Waals surface area contributed by atoms with Crippen molar-refractivity contribution in [1.82, 2.24) is 15.5 Å². The van der Waals surface area contributed by atoms with Gasteiger partial charge >= 0.3 is 0 Å². The molecule has 0 radical (unpaired) electrons. The molecule has 1 atom stereocenters. The summed E-state index contributed by atoms with van der Waals surface area (Å²) in [6, 6.07) is 9.62. The number of carbonyl (C=O) groups excluding carboxylic acids is 3. The highest BCUT2D eigenvalue weighted by Gasteiger charge is 2.28. The number of piperidine rings is 1. The first kappa shape index (κ1) is 27.6. The zero-order valence-corrected chi connectivity index (χ0v) is 22.0. The van der Waals surface area contributed by atoms with Gasteiger partial charge in [0.05, 0.1) is 28.4 Å². The highest BCUT2D eigenvalue weighted by molar-refractivity contribution is 5.95. The van der Waals surface area contributed by atoms with Crippen LogP contribution in [0.25, 0.3) is 0 Å². The Kier molecular flexibility index (Phi) is 9.59. The summed E-state index contributed by atoms with van der Waals surface area (Å²) < 4.78 is 21.2. The molecule has 0 aromatic heterocycles. The number of carbonyl (C=O) groups is 3. The van der Waals surface area contributed by atoms with Crippen molar-refractivity contribution in [2.24, 2.45) is 0 Å². The smallest absolute Gasteiger partial charge is 0.253 e. The van der Waals surface area contributed by atoms with Crippen LogP contribution in [0.5, 0.6) is 23.0 Å². The first-order valence-electron chi connectivity index (χ1n) is 12.1. The van der Waals surface area contributed by atoms with Gasteiger partial charge in [0.15, 0.2) is 23.0 Å². The second-order valence-corrected chi connectivity index (χ2v) is 8.79.